The maximum atomic E-state index is 13.1. The molecule has 0 fully saturated rings. The Morgan fingerprint density at radius 3 is 2.91 bits per heavy atom. The SMILES string of the molecule is CCCC(=O)Oc1csc(NS(=O)(=O)c2cccc(F)c2)n1. The van der Waals surface area contributed by atoms with Crippen LogP contribution in [0.4, 0.5) is 9.52 Å². The van der Waals surface area contributed by atoms with Gasteiger partial charge in [-0.3, -0.25) is 9.52 Å². The summed E-state index contributed by atoms with van der Waals surface area (Å²) in [5, 5.41) is 1.44. The molecule has 0 radical (unpaired) electrons. The number of sulfonamides is 1. The molecule has 2 rings (SSSR count). The van der Waals surface area contributed by atoms with Crippen LogP contribution in [0, 0.1) is 5.82 Å². The number of halogens is 1. The number of hydrogen-bond donors (Lipinski definition) is 1. The van der Waals surface area contributed by atoms with Crippen molar-refractivity contribution in [3.05, 3.63) is 35.5 Å². The van der Waals surface area contributed by atoms with E-state index in [2.05, 4.69) is 9.71 Å². The fourth-order valence-electron chi connectivity index (χ4n) is 1.53. The van der Waals surface area contributed by atoms with Crippen LogP contribution in [0.5, 0.6) is 5.88 Å². The Labute approximate surface area is 131 Å². The Morgan fingerprint density at radius 1 is 1.45 bits per heavy atom. The third-order valence-corrected chi connectivity index (χ3v) is 4.69. The van der Waals surface area contributed by atoms with Crippen molar-refractivity contribution in [3.8, 4) is 5.88 Å². The summed E-state index contributed by atoms with van der Waals surface area (Å²) in [7, 11) is -3.94. The van der Waals surface area contributed by atoms with Gasteiger partial charge < -0.3 is 4.74 Å². The van der Waals surface area contributed by atoms with Gasteiger partial charge >= 0.3 is 5.97 Å². The largest absolute Gasteiger partial charge is 0.406 e. The van der Waals surface area contributed by atoms with Gasteiger partial charge in [0.1, 0.15) is 5.82 Å². The smallest absolute Gasteiger partial charge is 0.312 e. The molecule has 0 bridgehead atoms. The molecule has 0 aliphatic carbocycles. The standard InChI is InChI=1S/C13H13FN2O4S2/c1-2-4-12(17)20-11-8-21-13(15-11)16-22(18,19)10-6-3-5-9(14)7-10/h3,5-8H,2,4H2,1H3,(H,15,16). The Balaban J connectivity index is 2.11. The maximum absolute atomic E-state index is 13.1. The minimum Gasteiger partial charge on any atom is -0.406 e. The number of thiazole rings is 1. The second-order valence-electron chi connectivity index (χ2n) is 4.28. The minimum absolute atomic E-state index is 0.0281. The van der Waals surface area contributed by atoms with E-state index in [0.717, 1.165) is 23.5 Å². The number of nitrogens with one attached hydrogen (secondary N) is 1. The molecule has 1 heterocycles. The van der Waals surface area contributed by atoms with Gasteiger partial charge in [0.15, 0.2) is 5.13 Å². The average molecular weight is 344 g/mol. The number of esters is 1. The highest BCUT2D eigenvalue weighted by Crippen LogP contribution is 2.24. The molecule has 0 atom stereocenters. The molecular formula is C13H13FN2O4S2. The van der Waals surface area contributed by atoms with Crippen LogP contribution < -0.4 is 9.46 Å². The highest BCUT2D eigenvalue weighted by Gasteiger charge is 2.17. The molecule has 0 saturated carbocycles. The molecule has 0 aliphatic heterocycles. The second-order valence-corrected chi connectivity index (χ2v) is 6.82. The molecule has 0 saturated heterocycles. The number of anilines is 1. The van der Waals surface area contributed by atoms with Crippen LogP contribution in [-0.4, -0.2) is 19.4 Å². The van der Waals surface area contributed by atoms with Gasteiger partial charge in [-0.15, -0.1) is 11.3 Å². The molecule has 1 N–H and O–H groups in total. The summed E-state index contributed by atoms with van der Waals surface area (Å²) in [5.74, 6) is -1.07. The maximum Gasteiger partial charge on any atom is 0.312 e. The predicted molar refractivity (Wildman–Crippen MR) is 79.9 cm³/mol. The Morgan fingerprint density at radius 2 is 2.23 bits per heavy atom. The van der Waals surface area contributed by atoms with Crippen molar-refractivity contribution in [2.45, 2.75) is 24.7 Å². The molecule has 0 aliphatic rings. The quantitative estimate of drug-likeness (QED) is 0.815. The summed E-state index contributed by atoms with van der Waals surface area (Å²) in [6, 6.07) is 4.61. The van der Waals surface area contributed by atoms with Gasteiger partial charge in [0.05, 0.1) is 10.3 Å². The molecule has 1 aromatic carbocycles. The number of nitrogens with zero attached hydrogens (tertiary/aromatic N) is 1. The number of hydrogen-bond acceptors (Lipinski definition) is 6. The lowest BCUT2D eigenvalue weighted by Gasteiger charge is -2.04. The van der Waals surface area contributed by atoms with E-state index in [-0.39, 0.29) is 22.3 Å². The molecular weight excluding hydrogens is 331 g/mol. The van der Waals surface area contributed by atoms with Crippen molar-refractivity contribution in [3.63, 3.8) is 0 Å². The predicted octanol–water partition coefficient (Wildman–Crippen LogP) is 2.79. The molecule has 0 amide bonds. The number of rotatable bonds is 6. The van der Waals surface area contributed by atoms with E-state index in [1.165, 1.54) is 17.5 Å². The van der Waals surface area contributed by atoms with Gasteiger partial charge in [-0.25, -0.2) is 12.8 Å². The van der Waals surface area contributed by atoms with Crippen molar-refractivity contribution in [1.29, 1.82) is 0 Å². The third-order valence-electron chi connectivity index (χ3n) is 2.48. The van der Waals surface area contributed by atoms with Crippen molar-refractivity contribution >= 4 is 32.5 Å². The van der Waals surface area contributed by atoms with E-state index in [9.17, 15) is 17.6 Å². The monoisotopic (exact) mass is 344 g/mol. The molecule has 22 heavy (non-hydrogen) atoms. The Bertz CT molecular complexity index is 774. The molecule has 0 unspecified atom stereocenters. The first-order valence-corrected chi connectivity index (χ1v) is 8.71. The van der Waals surface area contributed by atoms with Crippen molar-refractivity contribution in [1.82, 2.24) is 4.98 Å². The normalized spacial score (nSPS) is 11.2. The number of ether oxygens (including phenoxy) is 1. The summed E-state index contributed by atoms with van der Waals surface area (Å²) >= 11 is 0.963. The van der Waals surface area contributed by atoms with Gasteiger partial charge in [0.2, 0.25) is 5.88 Å². The summed E-state index contributed by atoms with van der Waals surface area (Å²) < 4.78 is 44.4. The fraction of sp³-hybridized carbons (Fsp3) is 0.231. The first kappa shape index (κ1) is 16.4. The zero-order valence-corrected chi connectivity index (χ0v) is 13.2. The number of aromatic nitrogens is 1. The Hall–Kier alpha value is -2.00. The zero-order chi connectivity index (χ0) is 16.2. The molecule has 118 valence electrons. The van der Waals surface area contributed by atoms with Gasteiger partial charge in [-0.05, 0) is 24.6 Å². The van der Waals surface area contributed by atoms with Crippen LogP contribution >= 0.6 is 11.3 Å². The topological polar surface area (TPSA) is 85.4 Å². The fourth-order valence-corrected chi connectivity index (χ4v) is 3.43. The lowest BCUT2D eigenvalue weighted by molar-refractivity contribution is -0.134. The van der Waals surface area contributed by atoms with Gasteiger partial charge in [0, 0.05) is 6.42 Å². The van der Waals surface area contributed by atoms with Crippen LogP contribution in [-0.2, 0) is 14.8 Å². The van der Waals surface area contributed by atoms with E-state index < -0.39 is 21.8 Å². The number of benzene rings is 1. The van der Waals surface area contributed by atoms with Crippen LogP contribution in [0.25, 0.3) is 0 Å². The summed E-state index contributed by atoms with van der Waals surface area (Å²) in [5.41, 5.74) is 0. The van der Waals surface area contributed by atoms with Crippen molar-refractivity contribution < 1.29 is 22.3 Å². The third kappa shape index (κ3) is 4.25. The van der Waals surface area contributed by atoms with E-state index >= 15 is 0 Å². The van der Waals surface area contributed by atoms with Crippen LogP contribution in [0.3, 0.4) is 0 Å². The van der Waals surface area contributed by atoms with Crippen LogP contribution in [0.2, 0.25) is 0 Å². The lowest BCUT2D eigenvalue weighted by Crippen LogP contribution is -2.13. The summed E-state index contributed by atoms with van der Waals surface area (Å²) in [6.45, 7) is 1.83. The van der Waals surface area contributed by atoms with Crippen molar-refractivity contribution in [2.75, 3.05) is 4.72 Å². The number of carbonyl (C=O) groups is 1. The van der Waals surface area contributed by atoms with E-state index in [1.807, 2.05) is 6.92 Å². The Kier molecular flexibility index (Phi) is 5.09. The van der Waals surface area contributed by atoms with Gasteiger partial charge in [0.25, 0.3) is 10.0 Å². The molecule has 2 aromatic rings. The minimum atomic E-state index is -3.94. The molecule has 9 heteroatoms. The first-order chi connectivity index (χ1) is 10.4. The van der Waals surface area contributed by atoms with E-state index in [4.69, 9.17) is 4.74 Å². The van der Waals surface area contributed by atoms with Crippen LogP contribution in [0.15, 0.2) is 34.5 Å². The summed E-state index contributed by atoms with van der Waals surface area (Å²) in [6.07, 6.45) is 0.893. The highest BCUT2D eigenvalue weighted by molar-refractivity contribution is 7.93. The van der Waals surface area contributed by atoms with Gasteiger partial charge in [-0.1, -0.05) is 13.0 Å². The second kappa shape index (κ2) is 6.84. The van der Waals surface area contributed by atoms with E-state index in [0.29, 0.717) is 6.42 Å². The molecule has 1 aromatic heterocycles. The van der Waals surface area contributed by atoms with Crippen molar-refractivity contribution in [2.24, 2.45) is 0 Å². The number of carbonyl (C=O) groups excluding carboxylic acids is 1. The molecule has 0 spiro atoms. The summed E-state index contributed by atoms with van der Waals surface area (Å²) in [4.78, 5) is 15.0. The zero-order valence-electron chi connectivity index (χ0n) is 11.6. The van der Waals surface area contributed by atoms with Crippen LogP contribution in [0.1, 0.15) is 19.8 Å². The lowest BCUT2D eigenvalue weighted by atomic mass is 10.3. The van der Waals surface area contributed by atoms with E-state index in [1.54, 1.807) is 0 Å². The average Bonchev–Trinajstić information content (AvgIpc) is 2.85. The first-order valence-electron chi connectivity index (χ1n) is 6.35. The molecule has 6 nitrogen and oxygen atoms in total. The highest BCUT2D eigenvalue weighted by atomic mass is 32.2. The van der Waals surface area contributed by atoms with Gasteiger partial charge in [-0.2, -0.15) is 4.98 Å².